The van der Waals surface area contributed by atoms with Gasteiger partial charge in [0.15, 0.2) is 0 Å². The fourth-order valence-electron chi connectivity index (χ4n) is 2.52. The van der Waals surface area contributed by atoms with Crippen molar-refractivity contribution < 1.29 is 9.18 Å². The van der Waals surface area contributed by atoms with Crippen LogP contribution in [0, 0.1) is 5.82 Å². The predicted octanol–water partition coefficient (Wildman–Crippen LogP) is 4.17. The maximum absolute atomic E-state index is 13.2. The van der Waals surface area contributed by atoms with E-state index in [2.05, 4.69) is 26.3 Å². The summed E-state index contributed by atoms with van der Waals surface area (Å²) in [5, 5.41) is 7.04. The van der Waals surface area contributed by atoms with Crippen LogP contribution in [-0.4, -0.2) is 15.7 Å². The number of nitrogens with one attached hydrogen (secondary N) is 1. The van der Waals surface area contributed by atoms with Gasteiger partial charge in [0.2, 0.25) is 5.91 Å². The van der Waals surface area contributed by atoms with Gasteiger partial charge in [0.25, 0.3) is 0 Å². The van der Waals surface area contributed by atoms with Crippen LogP contribution < -0.4 is 5.32 Å². The number of anilines is 1. The first-order chi connectivity index (χ1) is 11.5. The van der Waals surface area contributed by atoms with Gasteiger partial charge in [0, 0.05) is 18.3 Å². The lowest BCUT2D eigenvalue weighted by Gasteiger charge is -2.09. The Morgan fingerprint density at radius 2 is 2.04 bits per heavy atom. The molecule has 0 bridgehead atoms. The van der Waals surface area contributed by atoms with E-state index in [1.807, 2.05) is 31.3 Å². The van der Waals surface area contributed by atoms with Crippen LogP contribution in [0.4, 0.5) is 10.1 Å². The number of benzene rings is 2. The van der Waals surface area contributed by atoms with Gasteiger partial charge in [0.1, 0.15) is 5.82 Å². The van der Waals surface area contributed by atoms with Crippen molar-refractivity contribution in [3.63, 3.8) is 0 Å². The lowest BCUT2D eigenvalue weighted by Crippen LogP contribution is -2.14. The monoisotopic (exact) mass is 387 g/mol. The Bertz CT molecular complexity index is 872. The number of carbonyl (C=O) groups is 1. The molecule has 1 N–H and O–H groups in total. The van der Waals surface area contributed by atoms with E-state index in [-0.39, 0.29) is 18.1 Å². The van der Waals surface area contributed by atoms with Crippen molar-refractivity contribution in [3.05, 3.63) is 70.6 Å². The zero-order chi connectivity index (χ0) is 17.1. The predicted molar refractivity (Wildman–Crippen MR) is 95.1 cm³/mol. The highest BCUT2D eigenvalue weighted by Crippen LogP contribution is 2.29. The molecule has 0 spiro atoms. The summed E-state index contributed by atoms with van der Waals surface area (Å²) >= 11 is 3.47. The fraction of sp³-hybridized carbons (Fsp3) is 0.111. The first-order valence-electron chi connectivity index (χ1n) is 7.35. The zero-order valence-electron chi connectivity index (χ0n) is 13.0. The molecular weight excluding hydrogens is 373 g/mol. The summed E-state index contributed by atoms with van der Waals surface area (Å²) in [6.07, 6.45) is 1.85. The van der Waals surface area contributed by atoms with Gasteiger partial charge < -0.3 is 5.32 Å². The third kappa shape index (κ3) is 3.71. The SMILES string of the molecule is Cn1ncc(Br)c1-c1cccc(NC(=O)Cc2cccc(F)c2)c1. The van der Waals surface area contributed by atoms with E-state index in [1.165, 1.54) is 12.1 Å². The van der Waals surface area contributed by atoms with Crippen molar-refractivity contribution in [2.75, 3.05) is 5.32 Å². The molecule has 0 saturated carbocycles. The quantitative estimate of drug-likeness (QED) is 0.729. The Labute approximate surface area is 147 Å². The average Bonchev–Trinajstić information content (AvgIpc) is 2.86. The standard InChI is InChI=1S/C18H15BrFN3O/c1-23-18(16(19)11-21-23)13-5-3-7-15(10-13)22-17(24)9-12-4-2-6-14(20)8-12/h2-8,10-11H,9H2,1H3,(H,22,24). The molecule has 2 aromatic carbocycles. The summed E-state index contributed by atoms with van der Waals surface area (Å²) in [4.78, 5) is 12.2. The molecule has 0 atom stereocenters. The highest BCUT2D eigenvalue weighted by atomic mass is 79.9. The lowest BCUT2D eigenvalue weighted by molar-refractivity contribution is -0.115. The first kappa shape index (κ1) is 16.4. The summed E-state index contributed by atoms with van der Waals surface area (Å²) in [7, 11) is 1.86. The highest BCUT2D eigenvalue weighted by molar-refractivity contribution is 9.10. The van der Waals surface area contributed by atoms with Gasteiger partial charge in [-0.3, -0.25) is 9.48 Å². The van der Waals surface area contributed by atoms with E-state index in [0.717, 1.165) is 15.7 Å². The van der Waals surface area contributed by atoms with Crippen LogP contribution in [-0.2, 0) is 18.3 Å². The van der Waals surface area contributed by atoms with E-state index in [9.17, 15) is 9.18 Å². The molecule has 0 aliphatic rings. The molecule has 3 rings (SSSR count). The van der Waals surface area contributed by atoms with Crippen molar-refractivity contribution in [2.24, 2.45) is 7.05 Å². The van der Waals surface area contributed by atoms with Crippen molar-refractivity contribution in [1.82, 2.24) is 9.78 Å². The second kappa shape index (κ2) is 6.97. The number of hydrogen-bond acceptors (Lipinski definition) is 2. The molecule has 0 unspecified atom stereocenters. The van der Waals surface area contributed by atoms with Crippen molar-refractivity contribution in [3.8, 4) is 11.3 Å². The summed E-state index contributed by atoms with van der Waals surface area (Å²) in [6, 6.07) is 13.6. The van der Waals surface area contributed by atoms with E-state index in [0.29, 0.717) is 11.3 Å². The zero-order valence-corrected chi connectivity index (χ0v) is 14.5. The number of rotatable bonds is 4. The minimum atomic E-state index is -0.344. The van der Waals surface area contributed by atoms with Crippen molar-refractivity contribution in [2.45, 2.75) is 6.42 Å². The smallest absolute Gasteiger partial charge is 0.228 e. The number of nitrogens with zero attached hydrogens (tertiary/aromatic N) is 2. The van der Waals surface area contributed by atoms with Gasteiger partial charge in [-0.25, -0.2) is 4.39 Å². The van der Waals surface area contributed by atoms with Gasteiger partial charge in [-0.1, -0.05) is 24.3 Å². The molecule has 1 heterocycles. The number of aromatic nitrogens is 2. The molecule has 0 saturated heterocycles. The Balaban J connectivity index is 1.76. The number of hydrogen-bond donors (Lipinski definition) is 1. The lowest BCUT2D eigenvalue weighted by atomic mass is 10.1. The van der Waals surface area contributed by atoms with Crippen LogP contribution in [0.15, 0.2) is 59.2 Å². The Morgan fingerprint density at radius 1 is 1.25 bits per heavy atom. The molecule has 24 heavy (non-hydrogen) atoms. The molecule has 3 aromatic rings. The minimum absolute atomic E-state index is 0.122. The van der Waals surface area contributed by atoms with Gasteiger partial charge in [-0.05, 0) is 45.8 Å². The van der Waals surface area contributed by atoms with E-state index < -0.39 is 0 Å². The van der Waals surface area contributed by atoms with Gasteiger partial charge >= 0.3 is 0 Å². The summed E-state index contributed by atoms with van der Waals surface area (Å²) in [5.41, 5.74) is 3.18. The first-order valence-corrected chi connectivity index (χ1v) is 8.14. The molecule has 0 radical (unpaired) electrons. The molecule has 0 fully saturated rings. The normalized spacial score (nSPS) is 10.6. The van der Waals surface area contributed by atoms with Crippen LogP contribution >= 0.6 is 15.9 Å². The number of aryl methyl sites for hydroxylation is 1. The largest absolute Gasteiger partial charge is 0.326 e. The summed E-state index contributed by atoms with van der Waals surface area (Å²) < 4.78 is 15.8. The second-order valence-electron chi connectivity index (χ2n) is 5.40. The van der Waals surface area contributed by atoms with Gasteiger partial charge in [0.05, 0.1) is 22.8 Å². The maximum Gasteiger partial charge on any atom is 0.228 e. The summed E-state index contributed by atoms with van der Waals surface area (Å²) in [6.45, 7) is 0. The van der Waals surface area contributed by atoms with Crippen LogP contribution in [0.25, 0.3) is 11.3 Å². The molecule has 4 nitrogen and oxygen atoms in total. The molecule has 1 amide bonds. The van der Waals surface area contributed by atoms with Crippen LogP contribution in [0.3, 0.4) is 0 Å². The van der Waals surface area contributed by atoms with Crippen molar-refractivity contribution >= 4 is 27.5 Å². The molecule has 1 aromatic heterocycles. The van der Waals surface area contributed by atoms with Crippen LogP contribution in [0.5, 0.6) is 0 Å². The number of carbonyl (C=O) groups excluding carboxylic acids is 1. The van der Waals surface area contributed by atoms with E-state index >= 15 is 0 Å². The Morgan fingerprint density at radius 3 is 2.75 bits per heavy atom. The average molecular weight is 388 g/mol. The molecule has 0 aliphatic heterocycles. The van der Waals surface area contributed by atoms with Crippen molar-refractivity contribution in [1.29, 1.82) is 0 Å². The minimum Gasteiger partial charge on any atom is -0.326 e. The Hall–Kier alpha value is -2.47. The Kier molecular flexibility index (Phi) is 4.76. The fourth-order valence-corrected chi connectivity index (χ4v) is 3.09. The topological polar surface area (TPSA) is 46.9 Å². The molecule has 6 heteroatoms. The molecule has 122 valence electrons. The van der Waals surface area contributed by atoms with E-state index in [1.54, 1.807) is 23.0 Å². The third-order valence-corrected chi connectivity index (χ3v) is 4.15. The number of halogens is 2. The summed E-state index contributed by atoms with van der Waals surface area (Å²) in [5.74, 6) is -0.537. The second-order valence-corrected chi connectivity index (χ2v) is 6.25. The maximum atomic E-state index is 13.2. The molecular formula is C18H15BrFN3O. The van der Waals surface area contributed by atoms with Gasteiger partial charge in [-0.2, -0.15) is 5.10 Å². The van der Waals surface area contributed by atoms with Gasteiger partial charge in [-0.15, -0.1) is 0 Å². The van der Waals surface area contributed by atoms with Crippen LogP contribution in [0.1, 0.15) is 5.56 Å². The third-order valence-electron chi connectivity index (χ3n) is 3.57. The van der Waals surface area contributed by atoms with E-state index in [4.69, 9.17) is 0 Å². The molecule has 0 aliphatic carbocycles. The highest BCUT2D eigenvalue weighted by Gasteiger charge is 2.10. The number of amides is 1. The van der Waals surface area contributed by atoms with Crippen LogP contribution in [0.2, 0.25) is 0 Å².